The Hall–Kier alpha value is -1.75. The van der Waals surface area contributed by atoms with Crippen LogP contribution in [0, 0.1) is 6.92 Å². The van der Waals surface area contributed by atoms with Gasteiger partial charge in [0.25, 0.3) is 5.91 Å². The largest absolute Gasteiger partial charge is 0.467 e. The van der Waals surface area contributed by atoms with Crippen molar-refractivity contribution in [1.29, 1.82) is 0 Å². The minimum Gasteiger partial charge on any atom is -0.467 e. The molecule has 1 aromatic rings. The quantitative estimate of drug-likeness (QED) is 0.685. The molecule has 1 aromatic heterocycles. The highest BCUT2D eigenvalue weighted by molar-refractivity contribution is 7.90. The Labute approximate surface area is 201 Å². The van der Waals surface area contributed by atoms with E-state index in [0.717, 1.165) is 43.2 Å². The van der Waals surface area contributed by atoms with Crippen molar-refractivity contribution in [2.24, 2.45) is 0 Å². The summed E-state index contributed by atoms with van der Waals surface area (Å²) in [5, 5.41) is -0.543. The maximum atomic E-state index is 13.3. The molecule has 188 valence electrons. The van der Waals surface area contributed by atoms with Gasteiger partial charge in [0.2, 0.25) is 15.9 Å². The topological polar surface area (TPSA) is 107 Å². The van der Waals surface area contributed by atoms with Crippen LogP contribution in [0.1, 0.15) is 62.0 Å². The minimum absolute atomic E-state index is 0.109. The van der Waals surface area contributed by atoms with Gasteiger partial charge in [0.1, 0.15) is 5.25 Å². The van der Waals surface area contributed by atoms with Crippen molar-refractivity contribution in [1.82, 2.24) is 14.6 Å². The molecule has 0 aromatic carbocycles. The first-order valence-corrected chi connectivity index (χ1v) is 14.1. The molecular formula is C24H35N3O6S. The number of hydrogen-bond donors (Lipinski definition) is 1. The van der Waals surface area contributed by atoms with Crippen LogP contribution in [0.3, 0.4) is 0 Å². The molecule has 0 spiro atoms. The molecule has 34 heavy (non-hydrogen) atoms. The van der Waals surface area contributed by atoms with Crippen LogP contribution in [0.5, 0.6) is 5.88 Å². The second-order valence-electron chi connectivity index (χ2n) is 9.99. The molecule has 6 rings (SSSR count). The van der Waals surface area contributed by atoms with Crippen molar-refractivity contribution in [2.75, 3.05) is 33.0 Å². The average molecular weight is 494 g/mol. The minimum atomic E-state index is -3.55. The number of rotatable bonds is 3. The van der Waals surface area contributed by atoms with Crippen LogP contribution < -0.4 is 9.46 Å². The van der Waals surface area contributed by atoms with E-state index in [-0.39, 0.29) is 31.3 Å². The number of ether oxygens (including phenoxy) is 3. The molecule has 3 atom stereocenters. The van der Waals surface area contributed by atoms with Crippen molar-refractivity contribution in [3.05, 3.63) is 23.4 Å². The fourth-order valence-corrected chi connectivity index (χ4v) is 7.47. The molecule has 1 amide bonds. The third-order valence-electron chi connectivity index (χ3n) is 7.83. The first-order chi connectivity index (χ1) is 16.4. The number of aromatic nitrogens is 1. The summed E-state index contributed by atoms with van der Waals surface area (Å²) < 4.78 is 46.6. The van der Waals surface area contributed by atoms with E-state index in [1.54, 1.807) is 11.1 Å². The normalized spacial score (nSPS) is 32.7. The summed E-state index contributed by atoms with van der Waals surface area (Å²) in [5.74, 6) is 0.724. The Morgan fingerprint density at radius 2 is 1.94 bits per heavy atom. The van der Waals surface area contributed by atoms with Crippen LogP contribution in [0.2, 0.25) is 0 Å². The molecule has 1 N–H and O–H groups in total. The second kappa shape index (κ2) is 10.1. The molecular weight excluding hydrogens is 458 g/mol. The van der Waals surface area contributed by atoms with Gasteiger partial charge in [-0.1, -0.05) is 0 Å². The van der Waals surface area contributed by atoms with E-state index in [9.17, 15) is 13.2 Å². The lowest BCUT2D eigenvalue weighted by molar-refractivity contribution is -0.140. The number of pyridine rings is 1. The molecule has 1 aliphatic carbocycles. The number of carbonyl (C=O) groups is 1. The third-order valence-corrected chi connectivity index (χ3v) is 9.71. The lowest BCUT2D eigenvalue weighted by atomic mass is 9.81. The Balaban J connectivity index is 1.40. The van der Waals surface area contributed by atoms with Gasteiger partial charge in [-0.3, -0.25) is 4.79 Å². The molecule has 2 unspecified atom stereocenters. The summed E-state index contributed by atoms with van der Waals surface area (Å²) in [6.07, 6.45) is 7.53. The molecule has 9 nitrogen and oxygen atoms in total. The van der Waals surface area contributed by atoms with Crippen LogP contribution >= 0.6 is 0 Å². The van der Waals surface area contributed by atoms with Crippen molar-refractivity contribution in [2.45, 2.75) is 81.2 Å². The number of nitrogens with zero attached hydrogens (tertiary/aromatic N) is 2. The van der Waals surface area contributed by atoms with E-state index in [4.69, 9.17) is 14.2 Å². The van der Waals surface area contributed by atoms with Crippen LogP contribution in [0.4, 0.5) is 0 Å². The summed E-state index contributed by atoms with van der Waals surface area (Å²) in [5.41, 5.74) is 2.24. The zero-order valence-corrected chi connectivity index (χ0v) is 20.6. The number of fused-ring (bicyclic) bond motifs is 5. The average Bonchev–Trinajstić information content (AvgIpc) is 3.38. The van der Waals surface area contributed by atoms with E-state index < -0.39 is 21.3 Å². The van der Waals surface area contributed by atoms with Crippen LogP contribution in [-0.2, 0) is 24.3 Å². The van der Waals surface area contributed by atoms with Gasteiger partial charge >= 0.3 is 0 Å². The summed E-state index contributed by atoms with van der Waals surface area (Å²) >= 11 is 0. The fraction of sp³-hybridized carbons (Fsp3) is 0.750. The van der Waals surface area contributed by atoms with Crippen molar-refractivity contribution < 1.29 is 27.4 Å². The summed E-state index contributed by atoms with van der Waals surface area (Å²) in [6, 6.07) is 1.24. The molecule has 1 saturated carbocycles. The Morgan fingerprint density at radius 1 is 1.12 bits per heavy atom. The highest BCUT2D eigenvalue weighted by Gasteiger charge is 2.40. The Morgan fingerprint density at radius 3 is 2.71 bits per heavy atom. The second-order valence-corrected chi connectivity index (χ2v) is 12.0. The van der Waals surface area contributed by atoms with E-state index in [1.165, 1.54) is 0 Å². The first kappa shape index (κ1) is 24.0. The number of nitrogens with one attached hydrogen (secondary N) is 1. The highest BCUT2D eigenvalue weighted by Crippen LogP contribution is 2.39. The standard InChI is InChI=1S/C24H35N3O6S/c1-16-8-10-25-24-23(16)17-4-6-18(7-5-17)32-14-21-20(3-2-11-27(21)22(28)15-33-24)26-34(29,30)19-9-12-31-13-19/h8,10,17-21,26H,2-7,9,11-15H2,1H3/t17?,18?,19?,20-,21?/m0/s1. The maximum absolute atomic E-state index is 13.3. The maximum Gasteiger partial charge on any atom is 0.260 e. The molecule has 2 bridgehead atoms. The van der Waals surface area contributed by atoms with Gasteiger partial charge in [0.15, 0.2) is 6.61 Å². The third kappa shape index (κ3) is 4.96. The van der Waals surface area contributed by atoms with Gasteiger partial charge in [-0.2, -0.15) is 0 Å². The molecule has 2 saturated heterocycles. The Kier molecular flexibility index (Phi) is 7.11. The number of aryl methyl sites for hydroxylation is 1. The fourth-order valence-electron chi connectivity index (χ4n) is 5.90. The van der Waals surface area contributed by atoms with E-state index in [2.05, 4.69) is 16.6 Å². The monoisotopic (exact) mass is 493 g/mol. The smallest absolute Gasteiger partial charge is 0.260 e. The van der Waals surface area contributed by atoms with Crippen molar-refractivity contribution >= 4 is 15.9 Å². The zero-order valence-electron chi connectivity index (χ0n) is 19.8. The number of piperidine rings is 1. The van der Waals surface area contributed by atoms with Crippen LogP contribution in [-0.4, -0.2) is 80.6 Å². The molecule has 5 aliphatic rings. The molecule has 4 aliphatic heterocycles. The highest BCUT2D eigenvalue weighted by atomic mass is 32.2. The summed E-state index contributed by atoms with van der Waals surface area (Å²) in [6.45, 7) is 3.50. The van der Waals surface area contributed by atoms with Crippen LogP contribution in [0.15, 0.2) is 12.3 Å². The Bertz CT molecular complexity index is 988. The lowest BCUT2D eigenvalue weighted by Gasteiger charge is -2.42. The first-order valence-electron chi connectivity index (χ1n) is 12.5. The molecule has 3 fully saturated rings. The van der Waals surface area contributed by atoms with Gasteiger partial charge in [-0.25, -0.2) is 18.1 Å². The number of sulfonamides is 1. The zero-order chi connectivity index (χ0) is 23.7. The molecule has 5 heterocycles. The molecule has 0 radical (unpaired) electrons. The predicted molar refractivity (Wildman–Crippen MR) is 125 cm³/mol. The summed E-state index contributed by atoms with van der Waals surface area (Å²) in [4.78, 5) is 19.5. The summed E-state index contributed by atoms with van der Waals surface area (Å²) in [7, 11) is -3.55. The number of carbonyl (C=O) groups excluding carboxylic acids is 1. The van der Waals surface area contributed by atoms with Crippen LogP contribution in [0.25, 0.3) is 0 Å². The van der Waals surface area contributed by atoms with E-state index in [1.807, 2.05) is 6.07 Å². The van der Waals surface area contributed by atoms with E-state index >= 15 is 0 Å². The van der Waals surface area contributed by atoms with Gasteiger partial charge in [0.05, 0.1) is 25.4 Å². The SMILES string of the molecule is Cc1ccnc2c1C1CCC(CC1)OCC1[C@@H](NS(=O)(=O)C3CCOC3)CCCN1C(=O)CO2. The van der Waals surface area contributed by atoms with Crippen molar-refractivity contribution in [3.63, 3.8) is 0 Å². The van der Waals surface area contributed by atoms with Gasteiger partial charge in [-0.05, 0) is 69.4 Å². The van der Waals surface area contributed by atoms with Gasteiger partial charge in [-0.15, -0.1) is 0 Å². The van der Waals surface area contributed by atoms with Gasteiger partial charge < -0.3 is 19.1 Å². The van der Waals surface area contributed by atoms with E-state index in [0.29, 0.717) is 44.4 Å². The molecule has 10 heteroatoms. The predicted octanol–water partition coefficient (Wildman–Crippen LogP) is 1.89. The number of amides is 1. The van der Waals surface area contributed by atoms with Crippen molar-refractivity contribution in [3.8, 4) is 5.88 Å². The lowest BCUT2D eigenvalue weighted by Crippen LogP contribution is -2.60. The van der Waals surface area contributed by atoms with Gasteiger partial charge in [0, 0.05) is 31.0 Å². The number of hydrogen-bond acceptors (Lipinski definition) is 7.